The van der Waals surface area contributed by atoms with Crippen molar-refractivity contribution in [2.75, 3.05) is 13.2 Å². The van der Waals surface area contributed by atoms with Crippen LogP contribution in [0.15, 0.2) is 82.3 Å². The SMILES string of the molecule is C=CCOC(=O)C1=C(c2ccc3c(c2)C(C)C(=O)O3)C[C@@H]2[C@@H]([C@@H](C)O[Si](C)(C)C)C(=O)N12.C=CCOC(=O)C1=C(c2ccc3oc(=O)n(C)c3c2)C[C@@H]2[C@@H]([C@@H](C)O)C(=O)N12. The zero-order valence-corrected chi connectivity index (χ0v) is 35.7. The normalized spacial score (nSPS) is 23.8. The molecule has 2 saturated heterocycles. The van der Waals surface area contributed by atoms with E-state index in [0.717, 1.165) is 16.7 Å². The van der Waals surface area contributed by atoms with Crippen LogP contribution in [0.5, 0.6) is 5.75 Å². The number of β-lactam (4-membered cyclic amide) rings is 2. The smallest absolute Gasteiger partial charge is 0.419 e. The van der Waals surface area contributed by atoms with Crippen molar-refractivity contribution in [3.8, 4) is 5.75 Å². The fourth-order valence-corrected chi connectivity index (χ4v) is 10.1. The second-order valence-electron chi connectivity index (χ2n) is 16.6. The molecule has 0 radical (unpaired) electrons. The van der Waals surface area contributed by atoms with Gasteiger partial charge in [-0.15, -0.1) is 0 Å². The number of nitrogens with zero attached hydrogens (tertiary/aromatic N) is 3. The minimum Gasteiger partial charge on any atom is -0.457 e. The van der Waals surface area contributed by atoms with Gasteiger partial charge in [-0.25, -0.2) is 14.4 Å². The third-order valence-electron chi connectivity index (χ3n) is 11.6. The summed E-state index contributed by atoms with van der Waals surface area (Å²) in [6.07, 6.45) is 2.85. The van der Waals surface area contributed by atoms with Crippen LogP contribution in [0, 0.1) is 11.8 Å². The van der Waals surface area contributed by atoms with Crippen LogP contribution in [0.25, 0.3) is 22.2 Å². The lowest BCUT2D eigenvalue weighted by atomic mass is 9.82. The van der Waals surface area contributed by atoms with Gasteiger partial charge >= 0.3 is 23.7 Å². The van der Waals surface area contributed by atoms with E-state index in [1.54, 1.807) is 50.1 Å². The van der Waals surface area contributed by atoms with Gasteiger partial charge in [0.15, 0.2) is 13.9 Å². The maximum atomic E-state index is 13.2. The molecule has 0 aliphatic carbocycles. The molecular formula is C44H49N3O12Si. The molecule has 7 atom stereocenters. The largest absolute Gasteiger partial charge is 0.457 e. The van der Waals surface area contributed by atoms with Crippen molar-refractivity contribution in [1.82, 2.24) is 14.4 Å². The van der Waals surface area contributed by atoms with Crippen molar-refractivity contribution in [2.24, 2.45) is 18.9 Å². The molecular weight excluding hydrogens is 791 g/mol. The Morgan fingerprint density at radius 1 is 0.867 bits per heavy atom. The number of amides is 2. The molecule has 2 amide bonds. The number of carbonyl (C=O) groups excluding carboxylic acids is 5. The van der Waals surface area contributed by atoms with Crippen LogP contribution >= 0.6 is 0 Å². The summed E-state index contributed by atoms with van der Waals surface area (Å²) in [6, 6.07) is 10.2. The van der Waals surface area contributed by atoms with Gasteiger partial charge in [-0.05, 0) is 99.8 Å². The molecule has 0 saturated carbocycles. The van der Waals surface area contributed by atoms with E-state index < -0.39 is 38.0 Å². The van der Waals surface area contributed by atoms with E-state index in [1.165, 1.54) is 21.6 Å². The number of aryl methyl sites for hydroxylation is 1. The topological polar surface area (TPSA) is 184 Å². The Kier molecular flexibility index (Phi) is 11.3. The van der Waals surface area contributed by atoms with Gasteiger partial charge in [0.1, 0.15) is 30.4 Å². The fourth-order valence-electron chi connectivity index (χ4n) is 8.86. The summed E-state index contributed by atoms with van der Waals surface area (Å²) >= 11 is 0. The molecule has 2 aromatic carbocycles. The fraction of sp³-hybridized carbons (Fsp3) is 0.409. The highest BCUT2D eigenvalue weighted by Gasteiger charge is 2.59. The molecule has 5 aliphatic heterocycles. The minimum atomic E-state index is -1.84. The zero-order chi connectivity index (χ0) is 43.5. The van der Waals surface area contributed by atoms with E-state index in [-0.39, 0.29) is 72.4 Å². The molecule has 5 aliphatic rings. The number of esters is 3. The van der Waals surface area contributed by atoms with Crippen molar-refractivity contribution >= 4 is 60.3 Å². The van der Waals surface area contributed by atoms with Gasteiger partial charge in [0.05, 0.1) is 47.6 Å². The summed E-state index contributed by atoms with van der Waals surface area (Å²) in [5, 5.41) is 9.95. The van der Waals surface area contributed by atoms with Gasteiger partial charge in [-0.3, -0.25) is 19.0 Å². The van der Waals surface area contributed by atoms with Gasteiger partial charge in [-0.1, -0.05) is 37.4 Å². The lowest BCUT2D eigenvalue weighted by Crippen LogP contribution is -2.63. The number of aliphatic hydroxyl groups is 1. The lowest BCUT2D eigenvalue weighted by Gasteiger charge is -2.47. The molecule has 6 heterocycles. The Morgan fingerprint density at radius 3 is 1.95 bits per heavy atom. The second kappa shape index (κ2) is 16.0. The van der Waals surface area contributed by atoms with Crippen molar-refractivity contribution in [2.45, 2.75) is 83.5 Å². The number of hydrogen-bond donors (Lipinski definition) is 1. The van der Waals surface area contributed by atoms with Gasteiger partial charge < -0.3 is 38.0 Å². The summed E-state index contributed by atoms with van der Waals surface area (Å²) in [5.41, 5.74) is 5.14. The predicted molar refractivity (Wildman–Crippen MR) is 221 cm³/mol. The van der Waals surface area contributed by atoms with Crippen molar-refractivity contribution in [3.63, 3.8) is 0 Å². The van der Waals surface area contributed by atoms with Gasteiger partial charge in [0, 0.05) is 12.6 Å². The average Bonchev–Trinajstić information content (AvgIpc) is 3.89. The van der Waals surface area contributed by atoms with E-state index in [4.69, 9.17) is 23.1 Å². The number of fused-ring (bicyclic) bond motifs is 4. The molecule has 0 bridgehead atoms. The lowest BCUT2D eigenvalue weighted by molar-refractivity contribution is -0.162. The Balaban J connectivity index is 0.000000183. The molecule has 15 nitrogen and oxygen atoms in total. The molecule has 16 heteroatoms. The van der Waals surface area contributed by atoms with Crippen molar-refractivity contribution in [3.05, 3.63) is 100 Å². The maximum absolute atomic E-state index is 13.2. The van der Waals surface area contributed by atoms with Crippen LogP contribution in [-0.2, 0) is 44.9 Å². The number of oxazole rings is 1. The first kappa shape index (κ1) is 42.3. The van der Waals surface area contributed by atoms with Gasteiger partial charge in [0.25, 0.3) is 0 Å². The Bertz CT molecular complexity index is 2470. The summed E-state index contributed by atoms with van der Waals surface area (Å²) < 4.78 is 28.5. The maximum Gasteiger partial charge on any atom is 0.419 e. The third kappa shape index (κ3) is 7.26. The quantitative estimate of drug-likeness (QED) is 0.0866. The summed E-state index contributed by atoms with van der Waals surface area (Å²) in [5.74, 6) is -3.04. The van der Waals surface area contributed by atoms with Crippen LogP contribution in [0.3, 0.4) is 0 Å². The molecule has 1 aromatic heterocycles. The van der Waals surface area contributed by atoms with Crippen LogP contribution in [0.4, 0.5) is 0 Å². The Hall–Kier alpha value is -5.84. The number of carbonyl (C=O) groups is 5. The highest BCUT2D eigenvalue weighted by atomic mass is 28.4. The second-order valence-corrected chi connectivity index (χ2v) is 21.1. The Labute approximate surface area is 347 Å². The standard InChI is InChI=1S/C24H29NO6Si.C20H20N2O6/c1-7-10-29-24(28)21-17(15-8-9-19-16(11-15)13(2)23(27)30-19)12-18-20(22(26)25(18)21)14(3)31-32(4,5)6;1-4-7-27-19(25)17-12(9-14-16(10(2)23)18(24)22(14)17)11-5-6-15-13(8-11)21(3)20(26)28-15/h7-9,11,13-14,18,20H,1,10,12H2,2-6H3;4-6,8,10,14,16,23H,1,7,9H2,2-3H3/t13?,14-,18-,20-;10-,14-,16-/m11/s1. The minimum absolute atomic E-state index is 0.0252. The van der Waals surface area contributed by atoms with E-state index in [0.29, 0.717) is 40.8 Å². The zero-order valence-electron chi connectivity index (χ0n) is 34.7. The highest BCUT2D eigenvalue weighted by Crippen LogP contribution is 2.50. The van der Waals surface area contributed by atoms with E-state index in [2.05, 4.69) is 32.8 Å². The van der Waals surface area contributed by atoms with Crippen molar-refractivity contribution < 1.29 is 52.1 Å². The molecule has 2 fully saturated rings. The van der Waals surface area contributed by atoms with E-state index in [1.807, 2.05) is 19.1 Å². The molecule has 3 aromatic rings. The first-order valence-corrected chi connectivity index (χ1v) is 23.3. The van der Waals surface area contributed by atoms with Crippen LogP contribution in [0.1, 0.15) is 56.2 Å². The predicted octanol–water partition coefficient (Wildman–Crippen LogP) is 4.80. The molecule has 0 spiro atoms. The van der Waals surface area contributed by atoms with E-state index in [9.17, 15) is 33.9 Å². The number of aromatic nitrogens is 1. The summed E-state index contributed by atoms with van der Waals surface area (Å²) in [4.78, 5) is 78.0. The first-order chi connectivity index (χ1) is 28.4. The summed E-state index contributed by atoms with van der Waals surface area (Å²) in [6.45, 7) is 18.8. The van der Waals surface area contributed by atoms with Crippen molar-refractivity contribution in [1.29, 1.82) is 0 Å². The molecule has 1 unspecified atom stereocenters. The first-order valence-electron chi connectivity index (χ1n) is 19.9. The molecule has 1 N–H and O–H groups in total. The summed E-state index contributed by atoms with van der Waals surface area (Å²) in [7, 11) is -0.238. The molecule has 316 valence electrons. The number of benzene rings is 2. The van der Waals surface area contributed by atoms with E-state index >= 15 is 0 Å². The van der Waals surface area contributed by atoms with Crippen LogP contribution in [-0.4, -0.2) is 95.0 Å². The highest BCUT2D eigenvalue weighted by molar-refractivity contribution is 6.69. The molecule has 60 heavy (non-hydrogen) atoms. The van der Waals surface area contributed by atoms with Gasteiger partial charge in [0.2, 0.25) is 11.8 Å². The number of ether oxygens (including phenoxy) is 3. The third-order valence-corrected chi connectivity index (χ3v) is 12.6. The molecule has 8 rings (SSSR count). The monoisotopic (exact) mass is 839 g/mol. The van der Waals surface area contributed by atoms with Crippen LogP contribution < -0.4 is 10.5 Å². The number of aliphatic hydroxyl groups excluding tert-OH is 1. The van der Waals surface area contributed by atoms with Gasteiger partial charge in [-0.2, -0.15) is 0 Å². The van der Waals surface area contributed by atoms with Crippen LogP contribution in [0.2, 0.25) is 19.6 Å². The number of rotatable bonds is 12. The Morgan fingerprint density at radius 2 is 1.40 bits per heavy atom. The average molecular weight is 840 g/mol. The number of hydrogen-bond acceptors (Lipinski definition) is 12.